The number of hydrogen-bond acceptors (Lipinski definition) is 1. The third-order valence-corrected chi connectivity index (χ3v) is 3.85. The van der Waals surface area contributed by atoms with Gasteiger partial charge in [0.2, 0.25) is 0 Å². The molecule has 3 aromatic rings. The van der Waals surface area contributed by atoms with E-state index in [0.717, 1.165) is 26.8 Å². The van der Waals surface area contributed by atoms with E-state index in [9.17, 15) is 0 Å². The SMILES string of the molecule is [2H]C([2H])([2H])C(C)(C)c1ccc2c(c1)ncn2-c1cccc(Br)c1. The number of fused-ring (bicyclic) bond motifs is 1. The van der Waals surface area contributed by atoms with E-state index in [1.165, 1.54) is 0 Å². The van der Waals surface area contributed by atoms with Crippen LogP contribution in [0.2, 0.25) is 0 Å². The maximum Gasteiger partial charge on any atom is 0.100 e. The number of hydrogen-bond donors (Lipinski definition) is 0. The quantitative estimate of drug-likeness (QED) is 0.607. The minimum atomic E-state index is -2.06. The smallest absolute Gasteiger partial charge is 0.100 e. The first kappa shape index (κ1) is 10.2. The number of rotatable bonds is 1. The Balaban J connectivity index is 2.11. The summed E-state index contributed by atoms with van der Waals surface area (Å²) in [5.74, 6) is 0. The third-order valence-electron chi connectivity index (χ3n) is 3.36. The van der Waals surface area contributed by atoms with E-state index < -0.39 is 12.3 Å². The highest BCUT2D eigenvalue weighted by atomic mass is 79.9. The molecule has 0 amide bonds. The van der Waals surface area contributed by atoms with Gasteiger partial charge < -0.3 is 0 Å². The first-order chi connectivity index (χ1) is 10.7. The first-order valence-electron chi connectivity index (χ1n) is 7.94. The van der Waals surface area contributed by atoms with E-state index in [1.54, 1.807) is 20.2 Å². The second-order valence-electron chi connectivity index (χ2n) is 5.42. The lowest BCUT2D eigenvalue weighted by Gasteiger charge is -2.18. The van der Waals surface area contributed by atoms with E-state index >= 15 is 0 Å². The summed E-state index contributed by atoms with van der Waals surface area (Å²) in [7, 11) is 0. The Morgan fingerprint density at radius 1 is 1.20 bits per heavy atom. The van der Waals surface area contributed by atoms with Crippen LogP contribution in [0.4, 0.5) is 0 Å². The molecular weight excluding hydrogens is 312 g/mol. The van der Waals surface area contributed by atoms with Crippen LogP contribution in [0.5, 0.6) is 0 Å². The van der Waals surface area contributed by atoms with Gasteiger partial charge in [-0.3, -0.25) is 4.57 Å². The number of aromatic nitrogens is 2. The van der Waals surface area contributed by atoms with Crippen molar-refractivity contribution in [1.29, 1.82) is 0 Å². The van der Waals surface area contributed by atoms with Crippen molar-refractivity contribution < 1.29 is 4.11 Å². The molecule has 102 valence electrons. The molecule has 0 atom stereocenters. The molecule has 3 heteroatoms. The summed E-state index contributed by atoms with van der Waals surface area (Å²) < 4.78 is 26.2. The number of halogens is 1. The highest BCUT2D eigenvalue weighted by Gasteiger charge is 2.15. The summed E-state index contributed by atoms with van der Waals surface area (Å²) in [4.78, 5) is 4.44. The van der Waals surface area contributed by atoms with Crippen LogP contribution >= 0.6 is 15.9 Å². The lowest BCUT2D eigenvalue weighted by molar-refractivity contribution is 0.591. The predicted octanol–water partition coefficient (Wildman–Crippen LogP) is 5.09. The molecule has 0 spiro atoms. The van der Waals surface area contributed by atoms with Crippen molar-refractivity contribution in [3.63, 3.8) is 0 Å². The molecule has 0 fully saturated rings. The topological polar surface area (TPSA) is 17.8 Å². The van der Waals surface area contributed by atoms with Crippen molar-refractivity contribution in [2.45, 2.75) is 26.1 Å². The van der Waals surface area contributed by atoms with E-state index in [4.69, 9.17) is 4.11 Å². The zero-order valence-corrected chi connectivity index (χ0v) is 13.0. The molecule has 0 unspecified atom stereocenters. The zero-order chi connectivity index (χ0) is 16.8. The summed E-state index contributed by atoms with van der Waals surface area (Å²) in [5, 5.41) is 0. The molecule has 0 bridgehead atoms. The van der Waals surface area contributed by atoms with Crippen LogP contribution in [0.3, 0.4) is 0 Å². The normalized spacial score (nSPS) is 14.8. The van der Waals surface area contributed by atoms with Crippen LogP contribution in [-0.2, 0) is 5.41 Å². The van der Waals surface area contributed by atoms with Gasteiger partial charge in [0.05, 0.1) is 11.0 Å². The zero-order valence-electron chi connectivity index (χ0n) is 14.4. The molecule has 1 aromatic heterocycles. The minimum absolute atomic E-state index is 0.768. The van der Waals surface area contributed by atoms with Gasteiger partial charge in [0.15, 0.2) is 0 Å². The average Bonchev–Trinajstić information content (AvgIpc) is 2.89. The molecule has 0 radical (unpaired) electrons. The van der Waals surface area contributed by atoms with Crippen molar-refractivity contribution >= 4 is 27.0 Å². The minimum Gasteiger partial charge on any atom is -0.299 e. The lowest BCUT2D eigenvalue weighted by atomic mass is 9.87. The van der Waals surface area contributed by atoms with E-state index in [-0.39, 0.29) is 0 Å². The fourth-order valence-corrected chi connectivity index (χ4v) is 2.62. The molecule has 0 aliphatic heterocycles. The summed E-state index contributed by atoms with van der Waals surface area (Å²) in [6.45, 7) is 1.42. The van der Waals surface area contributed by atoms with Crippen molar-refractivity contribution in [1.82, 2.24) is 9.55 Å². The second kappa shape index (κ2) is 4.74. The standard InChI is InChI=1S/C17H17BrN2/c1-17(2,3)12-7-8-16-15(9-12)19-11-20(16)14-6-4-5-13(18)10-14/h4-11H,1-3H3/i1D3. The number of imidazole rings is 1. The third kappa shape index (κ3) is 2.38. The Morgan fingerprint density at radius 3 is 2.80 bits per heavy atom. The molecular formula is C17H17BrN2. The average molecular weight is 332 g/mol. The first-order valence-corrected chi connectivity index (χ1v) is 7.23. The van der Waals surface area contributed by atoms with Crippen LogP contribution in [-0.4, -0.2) is 9.55 Å². The van der Waals surface area contributed by atoms with Crippen LogP contribution in [0.1, 0.15) is 30.4 Å². The highest BCUT2D eigenvalue weighted by Crippen LogP contribution is 2.27. The summed E-state index contributed by atoms with van der Waals surface area (Å²) in [6.07, 6.45) is 1.76. The van der Waals surface area contributed by atoms with Crippen LogP contribution in [0.25, 0.3) is 16.7 Å². The van der Waals surface area contributed by atoms with Gasteiger partial charge in [-0.15, -0.1) is 0 Å². The van der Waals surface area contributed by atoms with Gasteiger partial charge in [0, 0.05) is 14.3 Å². The monoisotopic (exact) mass is 331 g/mol. The number of benzene rings is 2. The van der Waals surface area contributed by atoms with Gasteiger partial charge in [-0.25, -0.2) is 4.98 Å². The Morgan fingerprint density at radius 2 is 2.05 bits per heavy atom. The summed E-state index contributed by atoms with van der Waals surface area (Å²) >= 11 is 3.48. The molecule has 0 saturated carbocycles. The van der Waals surface area contributed by atoms with Crippen LogP contribution in [0, 0.1) is 0 Å². The summed E-state index contributed by atoms with van der Waals surface area (Å²) in [5.41, 5.74) is 2.60. The van der Waals surface area contributed by atoms with E-state index in [2.05, 4.69) is 20.9 Å². The van der Waals surface area contributed by atoms with Crippen molar-refractivity contribution in [3.05, 3.63) is 58.8 Å². The molecule has 0 aliphatic rings. The highest BCUT2D eigenvalue weighted by molar-refractivity contribution is 9.10. The van der Waals surface area contributed by atoms with Crippen molar-refractivity contribution in [2.75, 3.05) is 0 Å². The Labute approximate surface area is 131 Å². The van der Waals surface area contributed by atoms with Gasteiger partial charge in [-0.2, -0.15) is 0 Å². The van der Waals surface area contributed by atoms with Gasteiger partial charge in [-0.1, -0.05) is 48.8 Å². The lowest BCUT2D eigenvalue weighted by Crippen LogP contribution is -2.10. The summed E-state index contributed by atoms with van der Waals surface area (Å²) in [6, 6.07) is 13.7. The van der Waals surface area contributed by atoms with Crippen molar-refractivity contribution in [2.24, 2.45) is 0 Å². The van der Waals surface area contributed by atoms with Crippen molar-refractivity contribution in [3.8, 4) is 5.69 Å². The molecule has 3 rings (SSSR count). The molecule has 20 heavy (non-hydrogen) atoms. The molecule has 0 saturated heterocycles. The van der Waals surface area contributed by atoms with E-state index in [1.807, 2.05) is 47.0 Å². The molecule has 2 aromatic carbocycles. The van der Waals surface area contributed by atoms with Crippen LogP contribution in [0.15, 0.2) is 53.3 Å². The van der Waals surface area contributed by atoms with Gasteiger partial charge in [-0.05, 0) is 41.3 Å². The molecule has 0 N–H and O–H groups in total. The molecule has 2 nitrogen and oxygen atoms in total. The number of nitrogens with zero attached hydrogens (tertiary/aromatic N) is 2. The fourth-order valence-electron chi connectivity index (χ4n) is 2.23. The predicted molar refractivity (Wildman–Crippen MR) is 87.5 cm³/mol. The van der Waals surface area contributed by atoms with E-state index in [0.29, 0.717) is 0 Å². The van der Waals surface area contributed by atoms with Gasteiger partial charge in [0.1, 0.15) is 6.33 Å². The second-order valence-corrected chi connectivity index (χ2v) is 6.34. The fraction of sp³-hybridized carbons (Fsp3) is 0.235. The van der Waals surface area contributed by atoms with Gasteiger partial charge >= 0.3 is 0 Å². The molecule has 0 aliphatic carbocycles. The Bertz CT molecular complexity index is 866. The van der Waals surface area contributed by atoms with Gasteiger partial charge in [0.25, 0.3) is 0 Å². The Kier molecular flexibility index (Phi) is 2.41. The maximum atomic E-state index is 7.75. The largest absolute Gasteiger partial charge is 0.299 e. The Hall–Kier alpha value is -1.61. The maximum absolute atomic E-state index is 7.75. The molecule has 1 heterocycles. The van der Waals surface area contributed by atoms with Crippen LogP contribution < -0.4 is 0 Å².